The molecule has 2 nitrogen and oxygen atoms in total. The minimum atomic E-state index is -0.825. The zero-order valence-electron chi connectivity index (χ0n) is 7.76. The van der Waals surface area contributed by atoms with Crippen molar-refractivity contribution in [1.82, 2.24) is 0 Å². The number of rotatable bonds is 1. The van der Waals surface area contributed by atoms with Crippen molar-refractivity contribution in [3.63, 3.8) is 0 Å². The Bertz CT molecular complexity index is 236. The minimum absolute atomic E-state index is 0.322. The van der Waals surface area contributed by atoms with Crippen LogP contribution in [-0.2, 0) is 4.74 Å². The third kappa shape index (κ3) is 0.824. The summed E-state index contributed by atoms with van der Waals surface area (Å²) in [5.74, 6) is -0.481. The number of ether oxygens (including phenoxy) is 1. The molecular weight excluding hydrogens is 152 g/mol. The number of aliphatic hydroxyl groups is 1. The van der Waals surface area contributed by atoms with Crippen LogP contribution in [0.5, 0.6) is 0 Å². The van der Waals surface area contributed by atoms with Crippen LogP contribution in [0.25, 0.3) is 0 Å². The summed E-state index contributed by atoms with van der Waals surface area (Å²) in [6.45, 7) is 7.95. The van der Waals surface area contributed by atoms with Gasteiger partial charge in [0.25, 0.3) is 0 Å². The first-order chi connectivity index (χ1) is 5.50. The Hall–Kier alpha value is -0.340. The van der Waals surface area contributed by atoms with Crippen molar-refractivity contribution in [1.29, 1.82) is 0 Å². The van der Waals surface area contributed by atoms with Gasteiger partial charge in [0.15, 0.2) is 5.79 Å². The van der Waals surface area contributed by atoms with E-state index >= 15 is 0 Å². The lowest BCUT2D eigenvalue weighted by atomic mass is 9.75. The van der Waals surface area contributed by atoms with Crippen LogP contribution >= 0.6 is 0 Å². The molecule has 0 aromatic rings. The van der Waals surface area contributed by atoms with Crippen LogP contribution in [-0.4, -0.2) is 16.5 Å². The Labute approximate surface area is 73.2 Å². The van der Waals surface area contributed by atoms with Crippen LogP contribution in [0.1, 0.15) is 33.1 Å². The van der Waals surface area contributed by atoms with E-state index in [9.17, 15) is 5.11 Å². The summed E-state index contributed by atoms with van der Waals surface area (Å²) >= 11 is 0. The summed E-state index contributed by atoms with van der Waals surface area (Å²) in [5, 5.41) is 9.86. The van der Waals surface area contributed by atoms with Gasteiger partial charge in [-0.2, -0.15) is 0 Å². The van der Waals surface area contributed by atoms with E-state index in [1.165, 1.54) is 0 Å². The Morgan fingerprint density at radius 3 is 2.83 bits per heavy atom. The van der Waals surface area contributed by atoms with Gasteiger partial charge in [-0.05, 0) is 26.7 Å². The molecule has 1 heterocycles. The van der Waals surface area contributed by atoms with E-state index < -0.39 is 5.79 Å². The van der Waals surface area contributed by atoms with E-state index in [0.717, 1.165) is 24.8 Å². The monoisotopic (exact) mass is 168 g/mol. The van der Waals surface area contributed by atoms with Crippen molar-refractivity contribution in [2.24, 2.45) is 5.92 Å². The molecule has 1 saturated heterocycles. The first-order valence-corrected chi connectivity index (χ1v) is 4.57. The zero-order valence-corrected chi connectivity index (χ0v) is 7.76. The van der Waals surface area contributed by atoms with Crippen LogP contribution in [0.15, 0.2) is 12.2 Å². The first kappa shape index (κ1) is 8.27. The second-order valence-corrected chi connectivity index (χ2v) is 4.28. The maximum Gasteiger partial charge on any atom is 0.196 e. The fraction of sp³-hybridized carbons (Fsp3) is 0.800. The van der Waals surface area contributed by atoms with Crippen LogP contribution in [0.3, 0.4) is 0 Å². The lowest BCUT2D eigenvalue weighted by Crippen LogP contribution is -2.35. The molecule has 2 fully saturated rings. The van der Waals surface area contributed by atoms with E-state index in [-0.39, 0.29) is 5.60 Å². The molecular formula is C10H16O2. The second-order valence-electron chi connectivity index (χ2n) is 4.28. The highest BCUT2D eigenvalue weighted by molar-refractivity contribution is 5.20. The molecule has 1 saturated carbocycles. The molecule has 0 bridgehead atoms. The minimum Gasteiger partial charge on any atom is -0.363 e. The summed E-state index contributed by atoms with van der Waals surface area (Å²) in [4.78, 5) is 0. The van der Waals surface area contributed by atoms with Gasteiger partial charge < -0.3 is 9.84 Å². The molecule has 0 amide bonds. The molecule has 2 unspecified atom stereocenters. The van der Waals surface area contributed by atoms with E-state index in [2.05, 4.69) is 6.58 Å². The van der Waals surface area contributed by atoms with E-state index in [0.29, 0.717) is 5.92 Å². The number of epoxide rings is 1. The SMILES string of the molecule is C=C(C)[C@H]1CCCC2(O)OC12C. The van der Waals surface area contributed by atoms with E-state index in [1.807, 2.05) is 13.8 Å². The zero-order chi connectivity index (χ0) is 8.98. The maximum atomic E-state index is 9.86. The van der Waals surface area contributed by atoms with Crippen LogP contribution in [0.2, 0.25) is 0 Å². The van der Waals surface area contributed by atoms with Crippen molar-refractivity contribution in [3.8, 4) is 0 Å². The van der Waals surface area contributed by atoms with Crippen molar-refractivity contribution in [3.05, 3.63) is 12.2 Å². The molecule has 1 N–H and O–H groups in total. The average molecular weight is 168 g/mol. The molecule has 0 aromatic heterocycles. The van der Waals surface area contributed by atoms with E-state index in [1.54, 1.807) is 0 Å². The summed E-state index contributed by atoms with van der Waals surface area (Å²) in [7, 11) is 0. The third-order valence-corrected chi connectivity index (χ3v) is 3.38. The van der Waals surface area contributed by atoms with Gasteiger partial charge in [-0.3, -0.25) is 0 Å². The highest BCUT2D eigenvalue weighted by atomic mass is 16.7. The quantitative estimate of drug-likeness (QED) is 0.478. The molecule has 0 aromatic carbocycles. The number of fused-ring (bicyclic) bond motifs is 1. The van der Waals surface area contributed by atoms with Gasteiger partial charge >= 0.3 is 0 Å². The third-order valence-electron chi connectivity index (χ3n) is 3.38. The van der Waals surface area contributed by atoms with Gasteiger partial charge in [-0.1, -0.05) is 12.2 Å². The standard InChI is InChI=1S/C10H16O2/c1-7(2)8-5-4-6-10(11)9(8,3)12-10/h8,11H,1,4-6H2,2-3H3/t8-,9?,10?/m1/s1. The average Bonchev–Trinajstić information content (AvgIpc) is 2.51. The van der Waals surface area contributed by atoms with Crippen molar-refractivity contribution in [2.45, 2.75) is 44.5 Å². The van der Waals surface area contributed by atoms with Crippen LogP contribution < -0.4 is 0 Å². The summed E-state index contributed by atoms with van der Waals surface area (Å²) in [6, 6.07) is 0. The maximum absolute atomic E-state index is 9.86. The van der Waals surface area contributed by atoms with Gasteiger partial charge in [-0.25, -0.2) is 0 Å². The Balaban J connectivity index is 2.22. The lowest BCUT2D eigenvalue weighted by Gasteiger charge is -2.27. The number of hydrogen-bond acceptors (Lipinski definition) is 2. The predicted octanol–water partition coefficient (Wildman–Crippen LogP) is 1.84. The Morgan fingerprint density at radius 2 is 2.33 bits per heavy atom. The Kier molecular flexibility index (Phi) is 1.46. The molecule has 2 aliphatic rings. The molecule has 0 radical (unpaired) electrons. The lowest BCUT2D eigenvalue weighted by molar-refractivity contribution is 0.0217. The van der Waals surface area contributed by atoms with Gasteiger partial charge in [0.2, 0.25) is 0 Å². The van der Waals surface area contributed by atoms with Crippen molar-refractivity contribution >= 4 is 0 Å². The van der Waals surface area contributed by atoms with E-state index in [4.69, 9.17) is 4.74 Å². The molecule has 1 aliphatic carbocycles. The van der Waals surface area contributed by atoms with Gasteiger partial charge in [0.05, 0.1) is 0 Å². The Morgan fingerprint density at radius 1 is 1.67 bits per heavy atom. The first-order valence-electron chi connectivity index (χ1n) is 4.57. The topological polar surface area (TPSA) is 32.8 Å². The predicted molar refractivity (Wildman–Crippen MR) is 46.6 cm³/mol. The number of hydrogen-bond donors (Lipinski definition) is 1. The summed E-state index contributed by atoms with van der Waals surface area (Å²) in [5.41, 5.74) is 0.810. The molecule has 12 heavy (non-hydrogen) atoms. The molecule has 3 atom stereocenters. The molecule has 0 spiro atoms. The summed E-state index contributed by atoms with van der Waals surface area (Å²) < 4.78 is 5.42. The smallest absolute Gasteiger partial charge is 0.196 e. The molecule has 2 heteroatoms. The highest BCUT2D eigenvalue weighted by Gasteiger charge is 2.71. The van der Waals surface area contributed by atoms with Gasteiger partial charge in [-0.15, -0.1) is 0 Å². The highest BCUT2D eigenvalue weighted by Crippen LogP contribution is 2.59. The van der Waals surface area contributed by atoms with Crippen LogP contribution in [0.4, 0.5) is 0 Å². The van der Waals surface area contributed by atoms with Crippen LogP contribution in [0, 0.1) is 5.92 Å². The summed E-state index contributed by atoms with van der Waals surface area (Å²) in [6.07, 6.45) is 2.94. The van der Waals surface area contributed by atoms with Gasteiger partial charge in [0.1, 0.15) is 5.60 Å². The normalized spacial score (nSPS) is 51.4. The fourth-order valence-electron chi connectivity index (χ4n) is 2.51. The molecule has 2 rings (SSSR count). The molecule has 1 aliphatic heterocycles. The fourth-order valence-corrected chi connectivity index (χ4v) is 2.51. The largest absolute Gasteiger partial charge is 0.363 e. The second kappa shape index (κ2) is 2.12. The van der Waals surface area contributed by atoms with Gasteiger partial charge in [0, 0.05) is 12.3 Å². The van der Waals surface area contributed by atoms with Crippen molar-refractivity contribution < 1.29 is 9.84 Å². The molecule has 68 valence electrons. The van der Waals surface area contributed by atoms with Crippen molar-refractivity contribution in [2.75, 3.05) is 0 Å².